The number of nitrogens with two attached hydrogens (primary N) is 1. The Balaban J connectivity index is 2.32. The molecule has 2 unspecified atom stereocenters. The first kappa shape index (κ1) is 14.5. The summed E-state index contributed by atoms with van der Waals surface area (Å²) in [6.45, 7) is 7.75. The van der Waals surface area contributed by atoms with E-state index in [-0.39, 0.29) is 17.6 Å². The fraction of sp³-hybridized carbons (Fsp3) is 0.692. The second kappa shape index (κ2) is 5.63. The van der Waals surface area contributed by atoms with Gasteiger partial charge in [0.25, 0.3) is 5.56 Å². The highest BCUT2D eigenvalue weighted by atomic mass is 79.9. The molecular formula is C13H21BrN4O. The van der Waals surface area contributed by atoms with Gasteiger partial charge in [-0.3, -0.25) is 4.79 Å². The zero-order valence-electron chi connectivity index (χ0n) is 11.6. The van der Waals surface area contributed by atoms with Crippen molar-refractivity contribution < 1.29 is 0 Å². The predicted molar refractivity (Wildman–Crippen MR) is 80.6 cm³/mol. The van der Waals surface area contributed by atoms with Crippen molar-refractivity contribution in [3.8, 4) is 0 Å². The molecule has 1 aromatic rings. The zero-order chi connectivity index (χ0) is 14.2. The first-order valence-electron chi connectivity index (χ1n) is 6.69. The van der Waals surface area contributed by atoms with Crippen molar-refractivity contribution >= 4 is 21.6 Å². The summed E-state index contributed by atoms with van der Waals surface area (Å²) in [6, 6.07) is 0.203. The molecule has 2 N–H and O–H groups in total. The molecule has 1 saturated heterocycles. The van der Waals surface area contributed by atoms with E-state index in [9.17, 15) is 4.79 Å². The van der Waals surface area contributed by atoms with Gasteiger partial charge >= 0.3 is 0 Å². The first-order chi connectivity index (χ1) is 8.91. The maximum Gasteiger partial charge on any atom is 0.283 e. The quantitative estimate of drug-likeness (QED) is 0.898. The number of hydrogen-bond acceptors (Lipinski definition) is 4. The molecule has 1 aromatic heterocycles. The van der Waals surface area contributed by atoms with Gasteiger partial charge < -0.3 is 10.6 Å². The Kier molecular flexibility index (Phi) is 4.30. The summed E-state index contributed by atoms with van der Waals surface area (Å²) in [5.74, 6) is 0.527. The van der Waals surface area contributed by atoms with E-state index in [1.807, 2.05) is 13.8 Å². The minimum absolute atomic E-state index is 0.0569. The monoisotopic (exact) mass is 328 g/mol. The molecule has 0 radical (unpaired) electrons. The molecule has 0 aliphatic carbocycles. The number of rotatable bonds is 2. The Labute approximate surface area is 121 Å². The number of piperidine rings is 1. The highest BCUT2D eigenvalue weighted by Crippen LogP contribution is 2.26. The minimum atomic E-state index is -0.0836. The smallest absolute Gasteiger partial charge is 0.283 e. The number of hydrogen-bond donors (Lipinski definition) is 1. The van der Waals surface area contributed by atoms with Crippen LogP contribution in [-0.4, -0.2) is 28.9 Å². The molecule has 1 aliphatic rings. The van der Waals surface area contributed by atoms with Crippen LogP contribution in [0.3, 0.4) is 0 Å². The SMILES string of the molecule is CC1CCN(c2cnn(C(C)C)c(=O)c2Br)CC1N. The third-order valence-electron chi connectivity index (χ3n) is 3.77. The molecule has 5 nitrogen and oxygen atoms in total. The zero-order valence-corrected chi connectivity index (χ0v) is 13.2. The standard InChI is InChI=1S/C13H21BrN4O/c1-8(2)18-13(19)12(14)11(6-16-18)17-5-4-9(3)10(15)7-17/h6,8-10H,4-5,7,15H2,1-3H3. The van der Waals surface area contributed by atoms with Gasteiger partial charge in [-0.05, 0) is 42.1 Å². The topological polar surface area (TPSA) is 64.2 Å². The number of aromatic nitrogens is 2. The summed E-state index contributed by atoms with van der Waals surface area (Å²) >= 11 is 3.41. The van der Waals surface area contributed by atoms with Crippen LogP contribution in [0.2, 0.25) is 0 Å². The van der Waals surface area contributed by atoms with Crippen LogP contribution in [-0.2, 0) is 0 Å². The van der Waals surface area contributed by atoms with Gasteiger partial charge in [0, 0.05) is 19.1 Å². The molecule has 1 aliphatic heterocycles. The molecule has 0 bridgehead atoms. The van der Waals surface area contributed by atoms with Crippen molar-refractivity contribution in [2.45, 2.75) is 39.3 Å². The minimum Gasteiger partial charge on any atom is -0.368 e. The van der Waals surface area contributed by atoms with E-state index in [1.165, 1.54) is 4.68 Å². The maximum absolute atomic E-state index is 12.2. The lowest BCUT2D eigenvalue weighted by molar-refractivity contribution is 0.378. The van der Waals surface area contributed by atoms with Crippen molar-refractivity contribution in [1.29, 1.82) is 0 Å². The van der Waals surface area contributed by atoms with Crippen LogP contribution in [0.25, 0.3) is 0 Å². The van der Waals surface area contributed by atoms with Gasteiger partial charge in [0.1, 0.15) is 4.47 Å². The van der Waals surface area contributed by atoms with Crippen LogP contribution in [0.15, 0.2) is 15.5 Å². The number of anilines is 1. The van der Waals surface area contributed by atoms with E-state index >= 15 is 0 Å². The predicted octanol–water partition coefficient (Wildman–Crippen LogP) is 1.76. The lowest BCUT2D eigenvalue weighted by Gasteiger charge is -2.36. The highest BCUT2D eigenvalue weighted by molar-refractivity contribution is 9.10. The van der Waals surface area contributed by atoms with Crippen molar-refractivity contribution in [1.82, 2.24) is 9.78 Å². The number of nitrogens with zero attached hydrogens (tertiary/aromatic N) is 3. The first-order valence-corrected chi connectivity index (χ1v) is 7.49. The fourth-order valence-corrected chi connectivity index (χ4v) is 2.88. The van der Waals surface area contributed by atoms with Crippen LogP contribution in [0, 0.1) is 5.92 Å². The average Bonchev–Trinajstić information content (AvgIpc) is 2.36. The molecule has 2 rings (SSSR count). The van der Waals surface area contributed by atoms with Crippen molar-refractivity contribution in [2.24, 2.45) is 11.7 Å². The molecule has 0 amide bonds. The molecule has 0 aromatic carbocycles. The van der Waals surface area contributed by atoms with Crippen LogP contribution in [0.4, 0.5) is 5.69 Å². The van der Waals surface area contributed by atoms with Gasteiger partial charge in [0.15, 0.2) is 0 Å². The Bertz CT molecular complexity index is 514. The van der Waals surface area contributed by atoms with Gasteiger partial charge in [-0.25, -0.2) is 4.68 Å². The molecule has 1 fully saturated rings. The molecule has 0 spiro atoms. The van der Waals surface area contributed by atoms with Crippen molar-refractivity contribution in [3.05, 3.63) is 21.0 Å². The summed E-state index contributed by atoms with van der Waals surface area (Å²) in [5, 5.41) is 4.25. The molecule has 2 heterocycles. The molecule has 0 saturated carbocycles. The maximum atomic E-state index is 12.2. The summed E-state index contributed by atoms with van der Waals surface area (Å²) in [4.78, 5) is 14.4. The van der Waals surface area contributed by atoms with Gasteiger partial charge in [0.05, 0.1) is 17.9 Å². The van der Waals surface area contributed by atoms with Gasteiger partial charge in [-0.15, -0.1) is 0 Å². The molecular weight excluding hydrogens is 308 g/mol. The second-order valence-corrected chi connectivity index (χ2v) is 6.36. The van der Waals surface area contributed by atoms with E-state index < -0.39 is 0 Å². The van der Waals surface area contributed by atoms with Crippen LogP contribution >= 0.6 is 15.9 Å². The second-order valence-electron chi connectivity index (χ2n) is 5.56. The molecule has 19 heavy (non-hydrogen) atoms. The Hall–Kier alpha value is -0.880. The van der Waals surface area contributed by atoms with Gasteiger partial charge in [-0.2, -0.15) is 5.10 Å². The Morgan fingerprint density at radius 1 is 1.53 bits per heavy atom. The molecule has 2 atom stereocenters. The summed E-state index contributed by atoms with van der Waals surface area (Å²) in [6.07, 6.45) is 2.80. The highest BCUT2D eigenvalue weighted by Gasteiger charge is 2.25. The summed E-state index contributed by atoms with van der Waals surface area (Å²) < 4.78 is 2.07. The van der Waals surface area contributed by atoms with Crippen molar-refractivity contribution in [3.63, 3.8) is 0 Å². The number of halogens is 1. The Morgan fingerprint density at radius 2 is 2.21 bits per heavy atom. The van der Waals surface area contributed by atoms with Gasteiger partial charge in [0.2, 0.25) is 0 Å². The van der Waals surface area contributed by atoms with E-state index in [1.54, 1.807) is 6.20 Å². The third kappa shape index (κ3) is 2.84. The van der Waals surface area contributed by atoms with E-state index in [0.717, 1.165) is 25.2 Å². The van der Waals surface area contributed by atoms with Crippen LogP contribution in [0.5, 0.6) is 0 Å². The van der Waals surface area contributed by atoms with Gasteiger partial charge in [-0.1, -0.05) is 6.92 Å². The lowest BCUT2D eigenvalue weighted by Crippen LogP contribution is -2.48. The summed E-state index contributed by atoms with van der Waals surface area (Å²) in [5.41, 5.74) is 6.88. The van der Waals surface area contributed by atoms with Crippen LogP contribution in [0.1, 0.15) is 33.2 Å². The largest absolute Gasteiger partial charge is 0.368 e. The van der Waals surface area contributed by atoms with Crippen LogP contribution < -0.4 is 16.2 Å². The van der Waals surface area contributed by atoms with Crippen molar-refractivity contribution in [2.75, 3.05) is 18.0 Å². The molecule has 6 heteroatoms. The van der Waals surface area contributed by atoms with E-state index in [4.69, 9.17) is 5.73 Å². The molecule has 106 valence electrons. The average molecular weight is 329 g/mol. The van der Waals surface area contributed by atoms with E-state index in [0.29, 0.717) is 10.4 Å². The fourth-order valence-electron chi connectivity index (χ4n) is 2.34. The summed E-state index contributed by atoms with van der Waals surface area (Å²) in [7, 11) is 0. The van der Waals surface area contributed by atoms with E-state index in [2.05, 4.69) is 32.9 Å². The normalized spacial score (nSPS) is 24.0. The Morgan fingerprint density at radius 3 is 2.79 bits per heavy atom. The lowest BCUT2D eigenvalue weighted by atomic mass is 9.94. The third-order valence-corrected chi connectivity index (χ3v) is 4.52.